The maximum absolute atomic E-state index is 9.30. The van der Waals surface area contributed by atoms with Gasteiger partial charge in [-0.25, -0.2) is 0 Å². The predicted octanol–water partition coefficient (Wildman–Crippen LogP) is 1.20. The summed E-state index contributed by atoms with van der Waals surface area (Å²) in [6, 6.07) is 7.32. The van der Waals surface area contributed by atoms with Crippen molar-refractivity contribution in [2.75, 3.05) is 19.0 Å². The number of rotatable bonds is 4. The molecule has 0 aliphatic rings. The molecule has 0 unspecified atom stereocenters. The normalized spacial score (nSPS) is 10.9. The van der Waals surface area contributed by atoms with E-state index < -0.39 is 7.12 Å². The lowest BCUT2D eigenvalue weighted by atomic mass is 9.79. The average molecular weight is 257 g/mol. The highest BCUT2D eigenvalue weighted by atomic mass is 16.4. The first-order chi connectivity index (χ1) is 9.06. The van der Waals surface area contributed by atoms with Crippen LogP contribution in [-0.4, -0.2) is 31.3 Å². The largest absolute Gasteiger partial charge is 0.488 e. The Kier molecular flexibility index (Phi) is 4.09. The predicted molar refractivity (Wildman–Crippen MR) is 78.2 cm³/mol. The summed E-state index contributed by atoms with van der Waals surface area (Å²) >= 11 is 0. The number of benzene rings is 1. The highest BCUT2D eigenvalue weighted by Gasteiger charge is 2.13. The van der Waals surface area contributed by atoms with Gasteiger partial charge in [0, 0.05) is 25.3 Å². The lowest BCUT2D eigenvalue weighted by Gasteiger charge is -2.15. The molecule has 0 saturated heterocycles. The van der Waals surface area contributed by atoms with Crippen LogP contribution in [0.4, 0.5) is 5.69 Å². The number of anilines is 1. The Morgan fingerprint density at radius 3 is 2.42 bits per heavy atom. The zero-order valence-electron chi connectivity index (χ0n) is 10.9. The van der Waals surface area contributed by atoms with Gasteiger partial charge >= 0.3 is 7.12 Å². The summed E-state index contributed by atoms with van der Waals surface area (Å²) in [6.45, 7) is 0. The minimum atomic E-state index is -1.47. The van der Waals surface area contributed by atoms with E-state index in [1.54, 1.807) is 24.7 Å². The van der Waals surface area contributed by atoms with Gasteiger partial charge in [-0.1, -0.05) is 18.2 Å². The van der Waals surface area contributed by atoms with Crippen molar-refractivity contribution in [2.24, 2.45) is 0 Å². The van der Waals surface area contributed by atoms with Crippen LogP contribution in [0, 0.1) is 0 Å². The number of nitrogens with zero attached hydrogens (tertiary/aromatic N) is 1. The third-order valence-corrected chi connectivity index (χ3v) is 2.79. The van der Waals surface area contributed by atoms with Crippen molar-refractivity contribution in [1.82, 2.24) is 0 Å². The van der Waals surface area contributed by atoms with Crippen LogP contribution in [0.15, 0.2) is 41.2 Å². The van der Waals surface area contributed by atoms with Crippen LogP contribution in [0.3, 0.4) is 0 Å². The molecule has 2 N–H and O–H groups in total. The maximum Gasteiger partial charge on any atom is 0.488 e. The van der Waals surface area contributed by atoms with E-state index in [1.165, 1.54) is 0 Å². The first-order valence-corrected chi connectivity index (χ1v) is 5.95. The van der Waals surface area contributed by atoms with E-state index in [4.69, 9.17) is 4.42 Å². The Hall–Kier alpha value is -1.98. The molecule has 0 spiro atoms. The highest BCUT2D eigenvalue weighted by molar-refractivity contribution is 6.58. The van der Waals surface area contributed by atoms with Gasteiger partial charge in [-0.05, 0) is 29.2 Å². The summed E-state index contributed by atoms with van der Waals surface area (Å²) in [6.07, 6.45) is 7.07. The molecule has 0 aliphatic heterocycles. The van der Waals surface area contributed by atoms with Crippen LogP contribution in [0.25, 0.3) is 12.2 Å². The average Bonchev–Trinajstić information content (AvgIpc) is 2.89. The van der Waals surface area contributed by atoms with Gasteiger partial charge in [-0.15, -0.1) is 0 Å². The van der Waals surface area contributed by atoms with E-state index in [0.717, 1.165) is 16.8 Å². The van der Waals surface area contributed by atoms with E-state index in [0.29, 0.717) is 5.46 Å². The smallest absolute Gasteiger partial charge is 0.472 e. The number of furan rings is 1. The van der Waals surface area contributed by atoms with Crippen molar-refractivity contribution in [3.63, 3.8) is 0 Å². The summed E-state index contributed by atoms with van der Waals surface area (Å²) in [5.74, 6) is 0. The van der Waals surface area contributed by atoms with Crippen molar-refractivity contribution >= 4 is 30.4 Å². The van der Waals surface area contributed by atoms with Gasteiger partial charge in [0.1, 0.15) is 0 Å². The van der Waals surface area contributed by atoms with Crippen molar-refractivity contribution in [1.29, 1.82) is 0 Å². The van der Waals surface area contributed by atoms with E-state index in [9.17, 15) is 10.0 Å². The Morgan fingerprint density at radius 1 is 1.11 bits per heavy atom. The Labute approximate surface area is 112 Å². The molecular weight excluding hydrogens is 241 g/mol. The molecule has 5 heteroatoms. The molecule has 1 aromatic carbocycles. The van der Waals surface area contributed by atoms with Crippen LogP contribution in [0.1, 0.15) is 11.1 Å². The van der Waals surface area contributed by atoms with E-state index >= 15 is 0 Å². The summed E-state index contributed by atoms with van der Waals surface area (Å²) in [4.78, 5) is 1.92. The number of hydrogen-bond acceptors (Lipinski definition) is 4. The molecule has 19 heavy (non-hydrogen) atoms. The highest BCUT2D eigenvalue weighted by Crippen LogP contribution is 2.15. The molecule has 2 rings (SSSR count). The third kappa shape index (κ3) is 3.50. The molecule has 0 saturated carbocycles. The SMILES string of the molecule is CN(C)c1cc(/C=C/c2ccoc2)cc(B(O)O)c1. The summed E-state index contributed by atoms with van der Waals surface area (Å²) in [5.41, 5.74) is 3.24. The van der Waals surface area contributed by atoms with Crippen molar-refractivity contribution < 1.29 is 14.5 Å². The molecule has 2 aromatic rings. The Balaban J connectivity index is 2.33. The van der Waals surface area contributed by atoms with Gasteiger partial charge in [0.15, 0.2) is 0 Å². The lowest BCUT2D eigenvalue weighted by Crippen LogP contribution is -2.30. The van der Waals surface area contributed by atoms with Gasteiger partial charge in [-0.2, -0.15) is 0 Å². The van der Waals surface area contributed by atoms with E-state index in [2.05, 4.69) is 0 Å². The van der Waals surface area contributed by atoms with Gasteiger partial charge in [0.2, 0.25) is 0 Å². The molecule has 0 atom stereocenters. The first kappa shape index (κ1) is 13.5. The molecular formula is C14H16BNO3. The molecule has 0 fully saturated rings. The minimum Gasteiger partial charge on any atom is -0.472 e. The molecule has 0 amide bonds. The molecule has 1 aromatic heterocycles. The van der Waals surface area contributed by atoms with Crippen LogP contribution in [-0.2, 0) is 0 Å². The monoisotopic (exact) mass is 257 g/mol. The molecule has 4 nitrogen and oxygen atoms in total. The second-order valence-corrected chi connectivity index (χ2v) is 4.52. The fourth-order valence-electron chi connectivity index (χ4n) is 1.72. The summed E-state index contributed by atoms with van der Waals surface area (Å²) in [5, 5.41) is 18.6. The van der Waals surface area contributed by atoms with Crippen LogP contribution in [0.2, 0.25) is 0 Å². The van der Waals surface area contributed by atoms with Gasteiger partial charge < -0.3 is 19.4 Å². The lowest BCUT2D eigenvalue weighted by molar-refractivity contribution is 0.426. The molecule has 98 valence electrons. The topological polar surface area (TPSA) is 56.8 Å². The molecule has 0 aliphatic carbocycles. The summed E-state index contributed by atoms with van der Waals surface area (Å²) in [7, 11) is 2.35. The Morgan fingerprint density at radius 2 is 1.84 bits per heavy atom. The zero-order chi connectivity index (χ0) is 13.8. The van der Waals surface area contributed by atoms with Gasteiger partial charge in [0.25, 0.3) is 0 Å². The minimum absolute atomic E-state index is 0.470. The first-order valence-electron chi connectivity index (χ1n) is 5.95. The van der Waals surface area contributed by atoms with E-state index in [-0.39, 0.29) is 0 Å². The molecule has 0 radical (unpaired) electrons. The summed E-state index contributed by atoms with van der Waals surface area (Å²) < 4.78 is 4.99. The van der Waals surface area contributed by atoms with Crippen molar-refractivity contribution in [2.45, 2.75) is 0 Å². The van der Waals surface area contributed by atoms with Crippen molar-refractivity contribution in [3.05, 3.63) is 47.9 Å². The quantitative estimate of drug-likeness (QED) is 0.808. The van der Waals surface area contributed by atoms with Gasteiger partial charge in [-0.3, -0.25) is 0 Å². The fraction of sp³-hybridized carbons (Fsp3) is 0.143. The maximum atomic E-state index is 9.30. The Bertz CT molecular complexity index is 536. The second kappa shape index (κ2) is 5.78. The van der Waals surface area contributed by atoms with Crippen LogP contribution in [0.5, 0.6) is 0 Å². The van der Waals surface area contributed by atoms with Crippen molar-refractivity contribution in [3.8, 4) is 0 Å². The zero-order valence-corrected chi connectivity index (χ0v) is 10.9. The molecule has 0 bridgehead atoms. The van der Waals surface area contributed by atoms with Crippen LogP contribution < -0.4 is 10.4 Å². The fourth-order valence-corrected chi connectivity index (χ4v) is 1.72. The third-order valence-electron chi connectivity index (χ3n) is 2.79. The van der Waals surface area contributed by atoms with Crippen LogP contribution >= 0.6 is 0 Å². The van der Waals surface area contributed by atoms with Gasteiger partial charge in [0.05, 0.1) is 12.5 Å². The second-order valence-electron chi connectivity index (χ2n) is 4.52. The standard InChI is InChI=1S/C14H16BNO3/c1-16(2)14-8-12(7-13(9-14)15(17)18)4-3-11-5-6-19-10-11/h3-10,17-18H,1-2H3/b4-3+. The van der Waals surface area contributed by atoms with E-state index in [1.807, 2.05) is 43.3 Å². The molecule has 1 heterocycles. The number of hydrogen-bond donors (Lipinski definition) is 2.